The zero-order valence-corrected chi connectivity index (χ0v) is 18.4. The summed E-state index contributed by atoms with van der Waals surface area (Å²) in [6, 6.07) is 15.4. The lowest BCUT2D eigenvalue weighted by molar-refractivity contribution is -0.133. The largest absolute Gasteiger partial charge is 0.359 e. The number of hydroxylamine groups is 1. The summed E-state index contributed by atoms with van der Waals surface area (Å²) in [5, 5.41) is 11.7. The average Bonchev–Trinajstić information content (AvgIpc) is 2.79. The van der Waals surface area contributed by atoms with Crippen molar-refractivity contribution in [3.63, 3.8) is 0 Å². The third kappa shape index (κ3) is 7.79. The molecule has 0 saturated heterocycles. The van der Waals surface area contributed by atoms with Crippen molar-refractivity contribution in [1.82, 2.24) is 10.8 Å². The topological polar surface area (TPSA) is 96.9 Å². The number of nitrogens with one attached hydrogen (secondary N) is 2. The number of ether oxygens (including phenoxy) is 2. The van der Waals surface area contributed by atoms with Gasteiger partial charge in [-0.1, -0.05) is 56.7 Å². The van der Waals surface area contributed by atoms with E-state index in [1.165, 1.54) is 12.7 Å². The number of aryl methyl sites for hydroxylation is 1. The molecule has 168 valence electrons. The standard InChI is InChI=1S/C24H32N2O5/c1-4-5-18-6-8-19(9-7-18)20-10-12-21(13-11-20)24(28)25-22(15-31-16-30-3)14-17(2)23(27)26-29/h6-13,17,22,29H,4-5,14-16H2,1-3H3,(H,25,28)(H,26,27)/t17-,22-/m0/s1. The molecule has 31 heavy (non-hydrogen) atoms. The predicted molar refractivity (Wildman–Crippen MR) is 119 cm³/mol. The summed E-state index contributed by atoms with van der Waals surface area (Å²) in [6.45, 7) is 4.10. The van der Waals surface area contributed by atoms with E-state index in [-0.39, 0.29) is 19.3 Å². The molecule has 2 atom stereocenters. The lowest BCUT2D eigenvalue weighted by Gasteiger charge is -2.21. The second-order valence-corrected chi connectivity index (χ2v) is 7.58. The molecule has 0 saturated carbocycles. The van der Waals surface area contributed by atoms with Gasteiger partial charge in [0.1, 0.15) is 6.79 Å². The zero-order chi connectivity index (χ0) is 22.6. The Morgan fingerprint density at radius 3 is 2.19 bits per heavy atom. The molecule has 0 radical (unpaired) electrons. The van der Waals surface area contributed by atoms with Crippen LogP contribution in [0.1, 0.15) is 42.6 Å². The van der Waals surface area contributed by atoms with Crippen molar-refractivity contribution in [3.8, 4) is 11.1 Å². The van der Waals surface area contributed by atoms with Crippen LogP contribution in [0.5, 0.6) is 0 Å². The summed E-state index contributed by atoms with van der Waals surface area (Å²) in [5.41, 5.74) is 5.60. The number of rotatable bonds is 12. The van der Waals surface area contributed by atoms with E-state index in [4.69, 9.17) is 14.7 Å². The molecule has 0 aromatic heterocycles. The molecule has 0 unspecified atom stereocenters. The summed E-state index contributed by atoms with van der Waals surface area (Å²) < 4.78 is 10.2. The molecule has 3 N–H and O–H groups in total. The summed E-state index contributed by atoms with van der Waals surface area (Å²) in [4.78, 5) is 24.3. The van der Waals surface area contributed by atoms with E-state index in [2.05, 4.69) is 36.5 Å². The summed E-state index contributed by atoms with van der Waals surface area (Å²) >= 11 is 0. The van der Waals surface area contributed by atoms with Crippen LogP contribution in [0.4, 0.5) is 0 Å². The molecule has 2 aromatic carbocycles. The van der Waals surface area contributed by atoms with Crippen molar-refractivity contribution in [2.45, 2.75) is 39.2 Å². The van der Waals surface area contributed by atoms with Gasteiger partial charge < -0.3 is 14.8 Å². The number of carbonyl (C=O) groups excluding carboxylic acids is 2. The Kier molecular flexibility index (Phi) is 10.2. The maximum Gasteiger partial charge on any atom is 0.251 e. The molecule has 0 heterocycles. The van der Waals surface area contributed by atoms with E-state index in [0.29, 0.717) is 12.0 Å². The molecular formula is C24H32N2O5. The minimum Gasteiger partial charge on any atom is -0.359 e. The second kappa shape index (κ2) is 12.8. The third-order valence-electron chi connectivity index (χ3n) is 5.02. The molecule has 0 fully saturated rings. The van der Waals surface area contributed by atoms with Gasteiger partial charge in [-0.25, -0.2) is 5.48 Å². The number of hydrogen-bond acceptors (Lipinski definition) is 5. The zero-order valence-electron chi connectivity index (χ0n) is 18.4. The number of carbonyl (C=O) groups is 2. The number of benzene rings is 2. The molecule has 2 rings (SSSR count). The van der Waals surface area contributed by atoms with E-state index < -0.39 is 17.9 Å². The summed E-state index contributed by atoms with van der Waals surface area (Å²) in [6.07, 6.45) is 2.49. The normalized spacial score (nSPS) is 12.8. The van der Waals surface area contributed by atoms with Crippen LogP contribution >= 0.6 is 0 Å². The quantitative estimate of drug-likeness (QED) is 0.208. The molecule has 2 aromatic rings. The first kappa shape index (κ1) is 24.5. The fraction of sp³-hybridized carbons (Fsp3) is 0.417. The highest BCUT2D eigenvalue weighted by atomic mass is 16.7. The second-order valence-electron chi connectivity index (χ2n) is 7.58. The molecule has 7 heteroatoms. The van der Waals surface area contributed by atoms with Crippen molar-refractivity contribution in [1.29, 1.82) is 0 Å². The maximum absolute atomic E-state index is 12.7. The van der Waals surface area contributed by atoms with Crippen molar-refractivity contribution in [2.24, 2.45) is 5.92 Å². The van der Waals surface area contributed by atoms with Gasteiger partial charge in [-0.15, -0.1) is 0 Å². The van der Waals surface area contributed by atoms with Crippen molar-refractivity contribution in [3.05, 3.63) is 59.7 Å². The Morgan fingerprint density at radius 1 is 1.03 bits per heavy atom. The van der Waals surface area contributed by atoms with Crippen LogP contribution in [0.2, 0.25) is 0 Å². The Hall–Kier alpha value is -2.74. The Bertz CT molecular complexity index is 821. The van der Waals surface area contributed by atoms with Gasteiger partial charge in [0.25, 0.3) is 5.91 Å². The van der Waals surface area contributed by atoms with E-state index in [0.717, 1.165) is 24.0 Å². The van der Waals surface area contributed by atoms with Crippen LogP contribution in [-0.2, 0) is 20.7 Å². The van der Waals surface area contributed by atoms with Gasteiger partial charge in [0.05, 0.1) is 12.6 Å². The fourth-order valence-electron chi connectivity index (χ4n) is 3.32. The minimum absolute atomic E-state index is 0.0820. The van der Waals surface area contributed by atoms with Crippen LogP contribution in [0.3, 0.4) is 0 Å². The molecule has 2 amide bonds. The van der Waals surface area contributed by atoms with Crippen LogP contribution in [0.25, 0.3) is 11.1 Å². The lowest BCUT2D eigenvalue weighted by Crippen LogP contribution is -2.41. The van der Waals surface area contributed by atoms with Gasteiger partial charge in [-0.2, -0.15) is 0 Å². The smallest absolute Gasteiger partial charge is 0.251 e. The monoisotopic (exact) mass is 428 g/mol. The van der Waals surface area contributed by atoms with Crippen LogP contribution in [-0.4, -0.2) is 43.6 Å². The molecule has 7 nitrogen and oxygen atoms in total. The Balaban J connectivity index is 2.04. The first-order valence-electron chi connectivity index (χ1n) is 10.5. The highest BCUT2D eigenvalue weighted by molar-refractivity contribution is 5.95. The highest BCUT2D eigenvalue weighted by Crippen LogP contribution is 2.21. The Morgan fingerprint density at radius 2 is 1.65 bits per heavy atom. The molecule has 0 spiro atoms. The molecular weight excluding hydrogens is 396 g/mol. The van der Waals surface area contributed by atoms with Gasteiger partial charge >= 0.3 is 0 Å². The van der Waals surface area contributed by atoms with Crippen molar-refractivity contribution < 1.29 is 24.3 Å². The summed E-state index contributed by atoms with van der Waals surface area (Å²) in [7, 11) is 1.51. The SMILES string of the molecule is CCCc1ccc(-c2ccc(C(=O)N[C@H](COCOC)C[C@H](C)C(=O)NO)cc2)cc1. The first-order valence-corrected chi connectivity index (χ1v) is 10.5. The summed E-state index contributed by atoms with van der Waals surface area (Å²) in [5.74, 6) is -1.27. The average molecular weight is 429 g/mol. The maximum atomic E-state index is 12.7. The minimum atomic E-state index is -0.514. The first-order chi connectivity index (χ1) is 15.0. The van der Waals surface area contributed by atoms with Gasteiger partial charge in [0.2, 0.25) is 5.91 Å². The molecule has 0 bridgehead atoms. The van der Waals surface area contributed by atoms with E-state index in [1.54, 1.807) is 24.5 Å². The third-order valence-corrected chi connectivity index (χ3v) is 5.02. The number of methoxy groups -OCH3 is 1. The molecule has 0 aliphatic carbocycles. The lowest BCUT2D eigenvalue weighted by atomic mass is 10.00. The van der Waals surface area contributed by atoms with Gasteiger partial charge in [-0.05, 0) is 41.7 Å². The van der Waals surface area contributed by atoms with Gasteiger partial charge in [0, 0.05) is 18.6 Å². The van der Waals surface area contributed by atoms with E-state index in [9.17, 15) is 9.59 Å². The van der Waals surface area contributed by atoms with E-state index >= 15 is 0 Å². The number of amides is 2. The highest BCUT2D eigenvalue weighted by Gasteiger charge is 2.21. The van der Waals surface area contributed by atoms with Crippen LogP contribution in [0.15, 0.2) is 48.5 Å². The number of hydrogen-bond donors (Lipinski definition) is 3. The van der Waals surface area contributed by atoms with Crippen LogP contribution in [0, 0.1) is 5.92 Å². The van der Waals surface area contributed by atoms with Crippen molar-refractivity contribution in [2.75, 3.05) is 20.5 Å². The van der Waals surface area contributed by atoms with Crippen LogP contribution < -0.4 is 10.8 Å². The molecule has 0 aliphatic heterocycles. The van der Waals surface area contributed by atoms with Gasteiger partial charge in [0.15, 0.2) is 0 Å². The predicted octanol–water partition coefficient (Wildman–Crippen LogP) is 3.56. The van der Waals surface area contributed by atoms with E-state index in [1.807, 2.05) is 12.1 Å². The Labute approximate surface area is 183 Å². The van der Waals surface area contributed by atoms with Crippen molar-refractivity contribution >= 4 is 11.8 Å². The van der Waals surface area contributed by atoms with Gasteiger partial charge in [-0.3, -0.25) is 14.8 Å². The molecule has 0 aliphatic rings. The fourth-order valence-corrected chi connectivity index (χ4v) is 3.32.